The molecule has 1 amide bonds. The smallest absolute Gasteiger partial charge is 0.235 e. The Morgan fingerprint density at radius 3 is 1.88 bits per heavy atom. The average Bonchev–Trinajstić information content (AvgIpc) is 3.02. The van der Waals surface area contributed by atoms with Crippen molar-refractivity contribution in [2.75, 3.05) is 5.32 Å². The molecular formula is C27H21NO4. The van der Waals surface area contributed by atoms with Crippen molar-refractivity contribution < 1.29 is 19.8 Å². The van der Waals surface area contributed by atoms with Crippen LogP contribution < -0.4 is 5.32 Å². The zero-order chi connectivity index (χ0) is 22.3. The topological polar surface area (TPSA) is 86.6 Å². The van der Waals surface area contributed by atoms with Gasteiger partial charge in [-0.05, 0) is 72.0 Å². The normalized spacial score (nSPS) is 22.4. The number of rotatable bonds is 2. The number of Topliss-reactive ketones (excluding diaryl/α,β-unsaturated/α-hetero) is 1. The van der Waals surface area contributed by atoms with Gasteiger partial charge in [0, 0.05) is 16.8 Å². The molecule has 1 aliphatic heterocycles. The third-order valence-electron chi connectivity index (χ3n) is 6.12. The standard InChI is InChI=1S/C27H21NO4/c29-21-7-3-5-17(13-21)11-19-15-27(23-9-1-2-10-24(23)28-26(27)32)16-20(25(19)31)12-18-6-4-8-22(30)14-18/h1-14,29-30H,15-16H2,(H,28,32)/b19-11-,20-12+. The SMILES string of the molecule is O=C1/C(=C\c2cccc(O)c2)CC2(C/C1=C\c1cccc(O)c1)C(=O)Nc1ccccc12. The van der Waals surface area contributed by atoms with Gasteiger partial charge in [-0.25, -0.2) is 0 Å². The highest BCUT2D eigenvalue weighted by Crippen LogP contribution is 2.50. The van der Waals surface area contributed by atoms with Crippen LogP contribution in [0.5, 0.6) is 11.5 Å². The second-order valence-electron chi connectivity index (χ2n) is 8.29. The van der Waals surface area contributed by atoms with Crippen molar-refractivity contribution >= 4 is 29.5 Å². The van der Waals surface area contributed by atoms with Crippen LogP contribution in [0.25, 0.3) is 12.2 Å². The fourth-order valence-corrected chi connectivity index (χ4v) is 4.67. The molecule has 0 aromatic heterocycles. The van der Waals surface area contributed by atoms with Gasteiger partial charge in [-0.1, -0.05) is 42.5 Å². The number of carbonyl (C=O) groups excluding carboxylic acids is 2. The number of aromatic hydroxyl groups is 2. The highest BCUT2D eigenvalue weighted by atomic mass is 16.3. The monoisotopic (exact) mass is 423 g/mol. The van der Waals surface area contributed by atoms with Crippen LogP contribution in [0.4, 0.5) is 5.69 Å². The zero-order valence-corrected chi connectivity index (χ0v) is 17.2. The molecule has 1 unspecified atom stereocenters. The van der Waals surface area contributed by atoms with Gasteiger partial charge in [-0.2, -0.15) is 0 Å². The molecule has 1 aliphatic carbocycles. The van der Waals surface area contributed by atoms with Crippen LogP contribution >= 0.6 is 0 Å². The van der Waals surface area contributed by atoms with E-state index < -0.39 is 5.41 Å². The summed E-state index contributed by atoms with van der Waals surface area (Å²) in [6.07, 6.45) is 4.02. The summed E-state index contributed by atoms with van der Waals surface area (Å²) in [6, 6.07) is 20.9. The third kappa shape index (κ3) is 3.38. The molecule has 3 N–H and O–H groups in total. The number of nitrogens with one attached hydrogen (secondary N) is 1. The van der Waals surface area contributed by atoms with Gasteiger partial charge in [0.05, 0.1) is 5.41 Å². The van der Waals surface area contributed by atoms with Crippen LogP contribution in [0, 0.1) is 0 Å². The lowest BCUT2D eigenvalue weighted by atomic mass is 9.65. The summed E-state index contributed by atoms with van der Waals surface area (Å²) in [6.45, 7) is 0. The summed E-state index contributed by atoms with van der Waals surface area (Å²) in [5.74, 6) is -0.0529. The molecule has 3 aromatic carbocycles. The first-order valence-corrected chi connectivity index (χ1v) is 10.4. The Morgan fingerprint density at radius 2 is 1.31 bits per heavy atom. The summed E-state index contributed by atoms with van der Waals surface area (Å²) in [4.78, 5) is 26.7. The molecule has 2 aliphatic rings. The van der Waals surface area contributed by atoms with E-state index in [-0.39, 0.29) is 36.0 Å². The number of phenols is 2. The molecule has 0 bridgehead atoms. The van der Waals surface area contributed by atoms with Crippen LogP contribution in [-0.2, 0) is 15.0 Å². The Balaban J connectivity index is 1.67. The minimum atomic E-state index is -0.893. The van der Waals surface area contributed by atoms with E-state index in [1.54, 1.807) is 48.6 Å². The summed E-state index contributed by atoms with van der Waals surface area (Å²) in [5.41, 5.74) is 3.12. The first kappa shape index (κ1) is 19.8. The minimum Gasteiger partial charge on any atom is -0.508 e. The molecule has 1 fully saturated rings. The van der Waals surface area contributed by atoms with Crippen molar-refractivity contribution in [1.82, 2.24) is 0 Å². The van der Waals surface area contributed by atoms with Crippen molar-refractivity contribution in [3.05, 3.63) is 101 Å². The fourth-order valence-electron chi connectivity index (χ4n) is 4.67. The van der Waals surface area contributed by atoms with E-state index in [2.05, 4.69) is 5.32 Å². The van der Waals surface area contributed by atoms with Gasteiger partial charge in [0.1, 0.15) is 11.5 Å². The van der Waals surface area contributed by atoms with Crippen LogP contribution in [0.15, 0.2) is 83.9 Å². The fraction of sp³-hybridized carbons (Fsp3) is 0.111. The maximum atomic E-state index is 13.5. The van der Waals surface area contributed by atoms with Crippen molar-refractivity contribution in [1.29, 1.82) is 0 Å². The number of phenolic OH excluding ortho intramolecular Hbond substituents is 2. The molecule has 5 nitrogen and oxygen atoms in total. The van der Waals surface area contributed by atoms with E-state index in [0.29, 0.717) is 22.3 Å². The molecule has 0 radical (unpaired) electrons. The second kappa shape index (κ2) is 7.54. The van der Waals surface area contributed by atoms with Crippen LogP contribution in [0.3, 0.4) is 0 Å². The Hall–Kier alpha value is -4.12. The van der Waals surface area contributed by atoms with E-state index in [1.165, 1.54) is 0 Å². The number of ketones is 1. The van der Waals surface area contributed by atoms with Crippen molar-refractivity contribution in [2.45, 2.75) is 18.3 Å². The van der Waals surface area contributed by atoms with Gasteiger partial charge in [0.25, 0.3) is 0 Å². The van der Waals surface area contributed by atoms with Crippen LogP contribution in [0.1, 0.15) is 29.5 Å². The van der Waals surface area contributed by atoms with E-state index >= 15 is 0 Å². The van der Waals surface area contributed by atoms with Crippen molar-refractivity contribution in [3.8, 4) is 11.5 Å². The number of carbonyl (C=O) groups is 2. The largest absolute Gasteiger partial charge is 0.508 e. The quantitative estimate of drug-likeness (QED) is 0.516. The number of hydrogen-bond acceptors (Lipinski definition) is 4. The Bertz CT molecular complexity index is 1250. The minimum absolute atomic E-state index is 0.108. The maximum absolute atomic E-state index is 13.5. The molecule has 5 heteroatoms. The van der Waals surface area contributed by atoms with Gasteiger partial charge in [0.2, 0.25) is 5.91 Å². The van der Waals surface area contributed by atoms with Gasteiger partial charge < -0.3 is 15.5 Å². The first-order chi connectivity index (χ1) is 15.4. The van der Waals surface area contributed by atoms with E-state index in [4.69, 9.17) is 0 Å². The van der Waals surface area contributed by atoms with Gasteiger partial charge in [-0.15, -0.1) is 0 Å². The van der Waals surface area contributed by atoms with Crippen LogP contribution in [-0.4, -0.2) is 21.9 Å². The lowest BCUT2D eigenvalue weighted by molar-refractivity contribution is -0.122. The molecule has 0 saturated heterocycles. The first-order valence-electron chi connectivity index (χ1n) is 10.4. The predicted molar refractivity (Wildman–Crippen MR) is 123 cm³/mol. The summed E-state index contributed by atoms with van der Waals surface area (Å²) in [7, 11) is 0. The lowest BCUT2D eigenvalue weighted by Gasteiger charge is -2.34. The number of benzene rings is 3. The molecular weight excluding hydrogens is 402 g/mol. The van der Waals surface area contributed by atoms with Gasteiger partial charge in [-0.3, -0.25) is 9.59 Å². The number of para-hydroxylation sites is 1. The van der Waals surface area contributed by atoms with Crippen molar-refractivity contribution in [3.63, 3.8) is 0 Å². The summed E-state index contributed by atoms with van der Waals surface area (Å²) < 4.78 is 0. The van der Waals surface area contributed by atoms with Gasteiger partial charge in [0.15, 0.2) is 5.78 Å². The third-order valence-corrected chi connectivity index (χ3v) is 6.12. The molecule has 5 rings (SSSR count). The van der Waals surface area contributed by atoms with Crippen LogP contribution in [0.2, 0.25) is 0 Å². The number of allylic oxidation sites excluding steroid dienone is 2. The Morgan fingerprint density at radius 1 is 0.750 bits per heavy atom. The molecule has 1 atom stereocenters. The van der Waals surface area contributed by atoms with E-state index in [1.807, 2.05) is 36.4 Å². The number of hydrogen-bond donors (Lipinski definition) is 3. The molecule has 1 heterocycles. The van der Waals surface area contributed by atoms with E-state index in [0.717, 1.165) is 11.3 Å². The number of fused-ring (bicyclic) bond motifs is 2. The zero-order valence-electron chi connectivity index (χ0n) is 17.2. The van der Waals surface area contributed by atoms with E-state index in [9.17, 15) is 19.8 Å². The number of anilines is 1. The molecule has 158 valence electrons. The summed E-state index contributed by atoms with van der Waals surface area (Å²) in [5, 5.41) is 22.7. The highest BCUT2D eigenvalue weighted by Gasteiger charge is 2.51. The molecule has 32 heavy (non-hydrogen) atoms. The Labute approximate surface area is 185 Å². The Kier molecular flexibility index (Phi) is 4.67. The second-order valence-corrected chi connectivity index (χ2v) is 8.29. The highest BCUT2D eigenvalue weighted by molar-refractivity contribution is 6.18. The molecule has 1 spiro atoms. The van der Waals surface area contributed by atoms with Gasteiger partial charge >= 0.3 is 0 Å². The predicted octanol–water partition coefficient (Wildman–Crippen LogP) is 4.82. The molecule has 3 aromatic rings. The maximum Gasteiger partial charge on any atom is 0.235 e. The average molecular weight is 423 g/mol. The summed E-state index contributed by atoms with van der Waals surface area (Å²) >= 11 is 0. The molecule has 1 saturated carbocycles. The number of amides is 1. The lowest BCUT2D eigenvalue weighted by Crippen LogP contribution is -2.40. The van der Waals surface area contributed by atoms with Crippen molar-refractivity contribution in [2.24, 2.45) is 0 Å².